The summed E-state index contributed by atoms with van der Waals surface area (Å²) in [6, 6.07) is 3.87. The lowest BCUT2D eigenvalue weighted by Crippen LogP contribution is -2.19. The highest BCUT2D eigenvalue weighted by atomic mass is 35.5. The molecule has 0 aliphatic carbocycles. The number of hydrogen-bond acceptors (Lipinski definition) is 3. The maximum atomic E-state index is 12.1. The molecule has 8 heteroatoms. The minimum atomic E-state index is -0.568. The molecular weight excluding hydrogens is 339 g/mol. The highest BCUT2D eigenvalue weighted by molar-refractivity contribution is 6.46. The van der Waals surface area contributed by atoms with Gasteiger partial charge in [-0.2, -0.15) is 0 Å². The highest BCUT2D eigenvalue weighted by Crippen LogP contribution is 2.42. The molecule has 0 saturated carbocycles. The van der Waals surface area contributed by atoms with Crippen molar-refractivity contribution < 1.29 is 9.90 Å². The van der Waals surface area contributed by atoms with Gasteiger partial charge in [0.1, 0.15) is 5.69 Å². The number of pyridine rings is 1. The number of nitrogens with zero attached hydrogens (tertiary/aromatic N) is 1. The molecule has 2 N–H and O–H groups in total. The Morgan fingerprint density at radius 2 is 1.90 bits per heavy atom. The van der Waals surface area contributed by atoms with Crippen molar-refractivity contribution in [3.05, 3.63) is 55.4 Å². The van der Waals surface area contributed by atoms with E-state index in [1.807, 2.05) is 0 Å². The molecule has 0 aliphatic heterocycles. The van der Waals surface area contributed by atoms with Crippen LogP contribution in [0, 0.1) is 0 Å². The summed E-state index contributed by atoms with van der Waals surface area (Å²) >= 11 is 17.6. The Labute approximate surface area is 134 Å². The van der Waals surface area contributed by atoms with Crippen molar-refractivity contribution in [2.75, 3.05) is 5.32 Å². The predicted octanol–water partition coefficient (Wildman–Crippen LogP) is 3.30. The third kappa shape index (κ3) is 3.15. The largest absolute Gasteiger partial charge is 0.504 e. The molecule has 0 spiro atoms. The molecular formula is C13H9Cl3N2O3. The monoisotopic (exact) mass is 346 g/mol. The van der Waals surface area contributed by atoms with Gasteiger partial charge < -0.3 is 15.0 Å². The molecule has 0 bridgehead atoms. The number of aromatic hydroxyl groups is 1. The van der Waals surface area contributed by atoms with Crippen LogP contribution in [0.25, 0.3) is 0 Å². The van der Waals surface area contributed by atoms with Crippen molar-refractivity contribution in [3.63, 3.8) is 0 Å². The van der Waals surface area contributed by atoms with Crippen LogP contribution in [-0.4, -0.2) is 15.6 Å². The number of anilines is 1. The molecule has 5 nitrogen and oxygen atoms in total. The van der Waals surface area contributed by atoms with Gasteiger partial charge in [-0.3, -0.25) is 9.59 Å². The van der Waals surface area contributed by atoms with Crippen molar-refractivity contribution in [3.8, 4) is 5.75 Å². The van der Waals surface area contributed by atoms with Gasteiger partial charge in [-0.15, -0.1) is 0 Å². The Hall–Kier alpha value is -1.69. The topological polar surface area (TPSA) is 71.3 Å². The first-order valence-electron chi connectivity index (χ1n) is 5.65. The van der Waals surface area contributed by atoms with Crippen LogP contribution in [0.2, 0.25) is 15.1 Å². The van der Waals surface area contributed by atoms with Crippen LogP contribution in [0.4, 0.5) is 5.69 Å². The zero-order valence-corrected chi connectivity index (χ0v) is 12.9. The molecule has 0 saturated heterocycles. The molecule has 110 valence electrons. The third-order valence-corrected chi connectivity index (χ3v) is 3.81. The van der Waals surface area contributed by atoms with E-state index >= 15 is 0 Å². The second kappa shape index (κ2) is 5.97. The van der Waals surface area contributed by atoms with E-state index in [0.29, 0.717) is 0 Å². The van der Waals surface area contributed by atoms with Crippen molar-refractivity contribution >= 4 is 46.4 Å². The molecule has 0 atom stereocenters. The number of halogens is 3. The fourth-order valence-corrected chi connectivity index (χ4v) is 2.27. The number of aryl methyl sites for hydroxylation is 1. The number of carbonyl (C=O) groups excluding carboxylic acids is 1. The van der Waals surface area contributed by atoms with Gasteiger partial charge in [0, 0.05) is 19.3 Å². The van der Waals surface area contributed by atoms with Crippen molar-refractivity contribution in [1.29, 1.82) is 0 Å². The summed E-state index contributed by atoms with van der Waals surface area (Å²) in [5.74, 6) is -0.953. The number of nitrogens with one attached hydrogen (secondary N) is 1. The summed E-state index contributed by atoms with van der Waals surface area (Å²) in [6.45, 7) is 0. The van der Waals surface area contributed by atoms with E-state index < -0.39 is 5.91 Å². The minimum Gasteiger partial charge on any atom is -0.504 e. The first-order valence-corrected chi connectivity index (χ1v) is 6.79. The molecule has 1 heterocycles. The van der Waals surface area contributed by atoms with Gasteiger partial charge in [-0.05, 0) is 12.1 Å². The van der Waals surface area contributed by atoms with Crippen molar-refractivity contribution in [2.45, 2.75) is 0 Å². The van der Waals surface area contributed by atoms with Crippen molar-refractivity contribution in [2.24, 2.45) is 7.05 Å². The fraction of sp³-hybridized carbons (Fsp3) is 0.0769. The Kier molecular flexibility index (Phi) is 4.46. The molecule has 1 aromatic carbocycles. The molecule has 0 radical (unpaired) electrons. The van der Waals surface area contributed by atoms with E-state index in [1.165, 1.54) is 36.0 Å². The summed E-state index contributed by atoms with van der Waals surface area (Å²) in [4.78, 5) is 23.4. The summed E-state index contributed by atoms with van der Waals surface area (Å²) in [7, 11) is 1.51. The van der Waals surface area contributed by atoms with Crippen LogP contribution in [0.5, 0.6) is 5.75 Å². The first-order chi connectivity index (χ1) is 9.81. The zero-order valence-electron chi connectivity index (χ0n) is 10.7. The van der Waals surface area contributed by atoms with E-state index in [9.17, 15) is 14.7 Å². The van der Waals surface area contributed by atoms with Crippen LogP contribution in [0.1, 0.15) is 10.4 Å². The van der Waals surface area contributed by atoms with Crippen LogP contribution in [0.3, 0.4) is 0 Å². The molecule has 21 heavy (non-hydrogen) atoms. The number of benzene rings is 1. The standard InChI is InChI=1S/C13H9Cl3N2O3/c1-18-5-6(2-3-9(18)19)13(21)17-11-10(16)7(14)4-8(15)12(11)20/h2-5,20H,1H3,(H,17,21). The average Bonchev–Trinajstić information content (AvgIpc) is 2.44. The second-order valence-corrected chi connectivity index (χ2v) is 5.39. The molecule has 2 rings (SSSR count). The average molecular weight is 348 g/mol. The van der Waals surface area contributed by atoms with Gasteiger partial charge in [0.2, 0.25) is 5.56 Å². The Bertz CT molecular complexity index is 761. The predicted molar refractivity (Wildman–Crippen MR) is 82.8 cm³/mol. The summed E-state index contributed by atoms with van der Waals surface area (Å²) in [5, 5.41) is 12.3. The Morgan fingerprint density at radius 1 is 1.24 bits per heavy atom. The Balaban J connectivity index is 2.40. The number of rotatable bonds is 2. The van der Waals surface area contributed by atoms with Gasteiger partial charge in [0.25, 0.3) is 5.91 Å². The Morgan fingerprint density at radius 3 is 2.52 bits per heavy atom. The number of amides is 1. The van der Waals surface area contributed by atoms with E-state index in [0.717, 1.165) is 0 Å². The lowest BCUT2D eigenvalue weighted by atomic mass is 10.2. The van der Waals surface area contributed by atoms with E-state index in [2.05, 4.69) is 5.32 Å². The summed E-state index contributed by atoms with van der Waals surface area (Å²) < 4.78 is 1.25. The number of hydrogen-bond donors (Lipinski definition) is 2. The quantitative estimate of drug-likeness (QED) is 0.647. The molecule has 2 aromatic rings. The fourth-order valence-electron chi connectivity index (χ4n) is 1.61. The van der Waals surface area contributed by atoms with Gasteiger partial charge in [0.15, 0.2) is 5.75 Å². The molecule has 0 fully saturated rings. The number of phenols is 1. The smallest absolute Gasteiger partial charge is 0.257 e. The van der Waals surface area contributed by atoms with Gasteiger partial charge in [0.05, 0.1) is 20.6 Å². The lowest BCUT2D eigenvalue weighted by molar-refractivity contribution is 0.102. The molecule has 1 aromatic heterocycles. The van der Waals surface area contributed by atoms with Crippen LogP contribution >= 0.6 is 34.8 Å². The number of aromatic nitrogens is 1. The first kappa shape index (κ1) is 15.7. The van der Waals surface area contributed by atoms with E-state index in [-0.39, 0.29) is 37.6 Å². The third-order valence-electron chi connectivity index (χ3n) is 2.73. The van der Waals surface area contributed by atoms with Gasteiger partial charge in [-0.25, -0.2) is 0 Å². The molecule has 0 aliphatic rings. The zero-order chi connectivity index (χ0) is 15.7. The van der Waals surface area contributed by atoms with Crippen LogP contribution in [-0.2, 0) is 7.05 Å². The second-order valence-electron chi connectivity index (χ2n) is 4.20. The van der Waals surface area contributed by atoms with E-state index in [4.69, 9.17) is 34.8 Å². The van der Waals surface area contributed by atoms with Crippen LogP contribution in [0.15, 0.2) is 29.2 Å². The SMILES string of the molecule is Cn1cc(C(=O)Nc2c(O)c(Cl)cc(Cl)c2Cl)ccc1=O. The van der Waals surface area contributed by atoms with Crippen molar-refractivity contribution in [1.82, 2.24) is 4.57 Å². The lowest BCUT2D eigenvalue weighted by Gasteiger charge is -2.12. The molecule has 0 unspecified atom stereocenters. The summed E-state index contributed by atoms with van der Waals surface area (Å²) in [5.41, 5.74) is -0.130. The maximum absolute atomic E-state index is 12.1. The highest BCUT2D eigenvalue weighted by Gasteiger charge is 2.18. The van der Waals surface area contributed by atoms with Gasteiger partial charge in [-0.1, -0.05) is 34.8 Å². The minimum absolute atomic E-state index is 0.0308. The molecule has 1 amide bonds. The number of phenolic OH excluding ortho intramolecular Hbond substituents is 1. The number of carbonyl (C=O) groups is 1. The van der Waals surface area contributed by atoms with Crippen LogP contribution < -0.4 is 10.9 Å². The maximum Gasteiger partial charge on any atom is 0.257 e. The normalized spacial score (nSPS) is 10.5. The van der Waals surface area contributed by atoms with E-state index in [1.54, 1.807) is 0 Å². The van der Waals surface area contributed by atoms with Gasteiger partial charge >= 0.3 is 0 Å². The summed E-state index contributed by atoms with van der Waals surface area (Å²) in [6.07, 6.45) is 1.36.